The number of hydrogen-bond acceptors (Lipinski definition) is 4. The molecule has 0 spiro atoms. The highest BCUT2D eigenvalue weighted by Crippen LogP contribution is 2.20. The minimum atomic E-state index is -1.51. The average Bonchev–Trinajstić information content (AvgIpc) is 2.34. The van der Waals surface area contributed by atoms with Crippen molar-refractivity contribution in [1.29, 1.82) is 0 Å². The molecule has 1 unspecified atom stereocenters. The second kappa shape index (κ2) is 7.25. The lowest BCUT2D eigenvalue weighted by molar-refractivity contribution is -0.142. The van der Waals surface area contributed by atoms with E-state index in [2.05, 4.69) is 5.32 Å². The molecule has 7 heteroatoms. The Morgan fingerprint density at radius 2 is 2.05 bits per heavy atom. The Hall–Kier alpha value is -1.60. The molecule has 0 saturated heterocycles. The van der Waals surface area contributed by atoms with Crippen LogP contribution in [0.25, 0.3) is 0 Å². The van der Waals surface area contributed by atoms with Crippen molar-refractivity contribution in [2.45, 2.75) is 23.8 Å². The van der Waals surface area contributed by atoms with Crippen molar-refractivity contribution in [2.75, 3.05) is 12.3 Å². The van der Waals surface area contributed by atoms with Crippen molar-refractivity contribution in [3.05, 3.63) is 30.1 Å². The zero-order valence-corrected chi connectivity index (χ0v) is 11.7. The summed E-state index contributed by atoms with van der Waals surface area (Å²) in [6, 6.07) is 6.09. The van der Waals surface area contributed by atoms with Gasteiger partial charge in [0.05, 0.1) is 17.8 Å². The Balaban J connectivity index is 2.38. The van der Waals surface area contributed by atoms with Gasteiger partial charge in [-0.2, -0.15) is 0 Å². The molecule has 0 radical (unpaired) electrons. The van der Waals surface area contributed by atoms with Crippen LogP contribution in [0.5, 0.6) is 0 Å². The molecule has 0 aliphatic carbocycles. The fraction of sp³-hybridized carbons (Fsp3) is 0.385. The van der Waals surface area contributed by atoms with E-state index in [0.29, 0.717) is 4.90 Å². The molecule has 0 heterocycles. The quantitative estimate of drug-likeness (QED) is 0.660. The van der Waals surface area contributed by atoms with Gasteiger partial charge in [0.25, 0.3) is 0 Å². The minimum absolute atomic E-state index is 0.00984. The second-order valence-corrected chi connectivity index (χ2v) is 5.58. The summed E-state index contributed by atoms with van der Waals surface area (Å²) in [5.41, 5.74) is -1.51. The van der Waals surface area contributed by atoms with Crippen LogP contribution >= 0.6 is 11.8 Å². The first-order chi connectivity index (χ1) is 9.30. The Morgan fingerprint density at radius 3 is 2.65 bits per heavy atom. The number of halogens is 1. The molecule has 0 aliphatic rings. The molecule has 0 aliphatic heterocycles. The number of benzene rings is 1. The highest BCUT2D eigenvalue weighted by molar-refractivity contribution is 8.00. The number of hydrogen-bond donors (Lipinski definition) is 3. The number of carbonyl (C=O) groups excluding carboxylic acids is 1. The average molecular weight is 301 g/mol. The van der Waals surface area contributed by atoms with Gasteiger partial charge in [-0.05, 0) is 19.1 Å². The van der Waals surface area contributed by atoms with Crippen LogP contribution in [0.3, 0.4) is 0 Å². The third kappa shape index (κ3) is 6.03. The van der Waals surface area contributed by atoms with Gasteiger partial charge in [0.2, 0.25) is 5.91 Å². The lowest BCUT2D eigenvalue weighted by atomic mass is 10.0. The van der Waals surface area contributed by atoms with E-state index in [-0.39, 0.29) is 12.3 Å². The van der Waals surface area contributed by atoms with Gasteiger partial charge in [-0.1, -0.05) is 12.1 Å². The molecule has 110 valence electrons. The molecule has 1 amide bonds. The largest absolute Gasteiger partial charge is 0.481 e. The number of amides is 1. The normalized spacial score (nSPS) is 13.6. The predicted molar refractivity (Wildman–Crippen MR) is 73.0 cm³/mol. The summed E-state index contributed by atoms with van der Waals surface area (Å²) in [5, 5.41) is 20.7. The van der Waals surface area contributed by atoms with Gasteiger partial charge in [0.15, 0.2) is 0 Å². The standard InChI is InChI=1S/C13H16FNO4S/c1-13(19,6-12(17)18)8-15-11(16)7-20-10-5-3-2-4-9(10)14/h2-5,19H,6-8H2,1H3,(H,15,16)(H,17,18). The predicted octanol–water partition coefficient (Wildman–Crippen LogP) is 1.26. The van der Waals surface area contributed by atoms with Crippen molar-refractivity contribution in [3.8, 4) is 0 Å². The molecule has 1 rings (SSSR count). The van der Waals surface area contributed by atoms with E-state index in [1.54, 1.807) is 18.2 Å². The zero-order chi connectivity index (χ0) is 15.2. The van der Waals surface area contributed by atoms with E-state index in [4.69, 9.17) is 5.11 Å². The van der Waals surface area contributed by atoms with Crippen LogP contribution in [0.2, 0.25) is 0 Å². The van der Waals surface area contributed by atoms with Crippen LogP contribution in [0.4, 0.5) is 4.39 Å². The molecule has 20 heavy (non-hydrogen) atoms. The molecule has 1 aromatic carbocycles. The molecule has 3 N–H and O–H groups in total. The number of rotatable bonds is 7. The summed E-state index contributed by atoms with van der Waals surface area (Å²) in [6.45, 7) is 1.15. The van der Waals surface area contributed by atoms with Crippen LogP contribution in [-0.2, 0) is 9.59 Å². The maximum atomic E-state index is 13.3. The molecular weight excluding hydrogens is 285 g/mol. The summed E-state index contributed by atoms with van der Waals surface area (Å²) >= 11 is 1.03. The molecular formula is C13H16FNO4S. The van der Waals surface area contributed by atoms with Gasteiger partial charge in [0, 0.05) is 11.4 Å². The van der Waals surface area contributed by atoms with E-state index >= 15 is 0 Å². The monoisotopic (exact) mass is 301 g/mol. The van der Waals surface area contributed by atoms with Crippen molar-refractivity contribution >= 4 is 23.6 Å². The van der Waals surface area contributed by atoms with E-state index in [1.807, 2.05) is 0 Å². The first-order valence-corrected chi connectivity index (χ1v) is 6.87. The third-order valence-corrected chi connectivity index (χ3v) is 3.44. The molecule has 1 atom stereocenters. The molecule has 0 saturated carbocycles. The van der Waals surface area contributed by atoms with Crippen molar-refractivity contribution < 1.29 is 24.2 Å². The topological polar surface area (TPSA) is 86.6 Å². The second-order valence-electron chi connectivity index (χ2n) is 4.56. The molecule has 0 bridgehead atoms. The summed E-state index contributed by atoms with van der Waals surface area (Å²) in [7, 11) is 0. The number of carboxylic acid groups (broad SMARTS) is 1. The Bertz CT molecular complexity index is 493. The van der Waals surface area contributed by atoms with E-state index < -0.39 is 29.7 Å². The number of aliphatic hydroxyl groups is 1. The number of aliphatic carboxylic acids is 1. The van der Waals surface area contributed by atoms with Crippen LogP contribution in [0.1, 0.15) is 13.3 Å². The molecule has 0 aromatic heterocycles. The van der Waals surface area contributed by atoms with Crippen molar-refractivity contribution in [2.24, 2.45) is 0 Å². The Morgan fingerprint density at radius 1 is 1.40 bits per heavy atom. The Labute approximate surface area is 120 Å². The maximum Gasteiger partial charge on any atom is 0.306 e. The van der Waals surface area contributed by atoms with Crippen LogP contribution in [0, 0.1) is 5.82 Å². The van der Waals surface area contributed by atoms with Gasteiger partial charge >= 0.3 is 5.97 Å². The fourth-order valence-corrected chi connectivity index (χ4v) is 2.20. The first kappa shape index (κ1) is 16.5. The number of nitrogens with one attached hydrogen (secondary N) is 1. The van der Waals surface area contributed by atoms with Gasteiger partial charge in [0.1, 0.15) is 5.82 Å². The van der Waals surface area contributed by atoms with Crippen LogP contribution < -0.4 is 5.32 Å². The lowest BCUT2D eigenvalue weighted by Gasteiger charge is -2.21. The smallest absolute Gasteiger partial charge is 0.306 e. The van der Waals surface area contributed by atoms with Gasteiger partial charge in [-0.25, -0.2) is 4.39 Å². The molecule has 5 nitrogen and oxygen atoms in total. The van der Waals surface area contributed by atoms with Gasteiger partial charge in [-0.3, -0.25) is 9.59 Å². The minimum Gasteiger partial charge on any atom is -0.481 e. The van der Waals surface area contributed by atoms with Crippen molar-refractivity contribution in [3.63, 3.8) is 0 Å². The summed E-state index contributed by atoms with van der Waals surface area (Å²) in [5.74, 6) is -1.96. The SMILES string of the molecule is CC(O)(CNC(=O)CSc1ccccc1F)CC(=O)O. The summed E-state index contributed by atoms with van der Waals surface area (Å²) < 4.78 is 13.3. The number of carbonyl (C=O) groups is 2. The van der Waals surface area contributed by atoms with Gasteiger partial charge < -0.3 is 15.5 Å². The maximum absolute atomic E-state index is 13.3. The zero-order valence-electron chi connectivity index (χ0n) is 10.9. The molecule has 0 fully saturated rings. The van der Waals surface area contributed by atoms with E-state index in [1.165, 1.54) is 13.0 Å². The lowest BCUT2D eigenvalue weighted by Crippen LogP contribution is -2.42. The number of thioether (sulfide) groups is 1. The highest BCUT2D eigenvalue weighted by Gasteiger charge is 2.24. The van der Waals surface area contributed by atoms with Crippen LogP contribution in [0.15, 0.2) is 29.2 Å². The highest BCUT2D eigenvalue weighted by atomic mass is 32.2. The number of carboxylic acids is 1. The van der Waals surface area contributed by atoms with Crippen molar-refractivity contribution in [1.82, 2.24) is 5.32 Å². The van der Waals surface area contributed by atoms with Crippen LogP contribution in [-0.4, -0.2) is 40.0 Å². The molecule has 1 aromatic rings. The van der Waals surface area contributed by atoms with Gasteiger partial charge in [-0.15, -0.1) is 11.8 Å². The fourth-order valence-electron chi connectivity index (χ4n) is 1.43. The van der Waals surface area contributed by atoms with E-state index in [0.717, 1.165) is 11.8 Å². The van der Waals surface area contributed by atoms with E-state index in [9.17, 15) is 19.1 Å². The first-order valence-electron chi connectivity index (χ1n) is 5.88. The summed E-state index contributed by atoms with van der Waals surface area (Å²) in [6.07, 6.45) is -0.465. The summed E-state index contributed by atoms with van der Waals surface area (Å²) in [4.78, 5) is 22.4. The Kier molecular flexibility index (Phi) is 5.97. The third-order valence-electron chi connectivity index (χ3n) is 2.39.